The highest BCUT2D eigenvalue weighted by Crippen LogP contribution is 2.37. The van der Waals surface area contributed by atoms with Crippen LogP contribution in [0.5, 0.6) is 5.75 Å². The van der Waals surface area contributed by atoms with E-state index >= 15 is 0 Å². The number of aromatic amines is 1. The summed E-state index contributed by atoms with van der Waals surface area (Å²) < 4.78 is 84.1. The van der Waals surface area contributed by atoms with Crippen molar-refractivity contribution >= 4 is 26.8 Å². The molecule has 0 aliphatic carbocycles. The Balaban J connectivity index is 1.59. The second-order valence-corrected chi connectivity index (χ2v) is 10.9. The van der Waals surface area contributed by atoms with E-state index in [0.717, 1.165) is 17.7 Å². The van der Waals surface area contributed by atoms with Gasteiger partial charge < -0.3 is 15.5 Å². The SMILES string of the molecule is CCS(=O)(=O)N1CCC(c2c[nH]c3c(C(N)=O)cc(OCc4ccc(C(F)(F)F)cc4F)cc23)CC1. The lowest BCUT2D eigenvalue weighted by molar-refractivity contribution is -0.137. The second-order valence-electron chi connectivity index (χ2n) is 8.67. The van der Waals surface area contributed by atoms with Crippen LogP contribution in [0.1, 0.15) is 52.7 Å². The summed E-state index contributed by atoms with van der Waals surface area (Å²) in [6.07, 6.45) is -1.74. The Bertz CT molecular complexity index is 1390. The van der Waals surface area contributed by atoms with E-state index in [9.17, 15) is 30.8 Å². The highest BCUT2D eigenvalue weighted by Gasteiger charge is 2.31. The Hall–Kier alpha value is -3.12. The average Bonchev–Trinajstić information content (AvgIpc) is 3.26. The predicted molar refractivity (Wildman–Crippen MR) is 126 cm³/mol. The molecule has 1 aliphatic rings. The van der Waals surface area contributed by atoms with E-state index in [0.29, 0.717) is 42.9 Å². The number of halogens is 4. The lowest BCUT2D eigenvalue weighted by Crippen LogP contribution is -2.38. The number of hydrogen-bond acceptors (Lipinski definition) is 4. The summed E-state index contributed by atoms with van der Waals surface area (Å²) in [4.78, 5) is 15.2. The molecule has 1 saturated heterocycles. The zero-order valence-electron chi connectivity index (χ0n) is 19.4. The van der Waals surface area contributed by atoms with Crippen molar-refractivity contribution in [2.75, 3.05) is 18.8 Å². The normalized spacial score (nSPS) is 15.9. The Morgan fingerprint density at radius 1 is 1.19 bits per heavy atom. The van der Waals surface area contributed by atoms with Crippen LogP contribution in [-0.2, 0) is 22.8 Å². The number of sulfonamides is 1. The van der Waals surface area contributed by atoms with E-state index in [-0.39, 0.29) is 35.2 Å². The monoisotopic (exact) mass is 527 g/mol. The number of hydrogen-bond donors (Lipinski definition) is 2. The molecule has 0 spiro atoms. The first kappa shape index (κ1) is 26.0. The van der Waals surface area contributed by atoms with E-state index in [1.165, 1.54) is 10.4 Å². The lowest BCUT2D eigenvalue weighted by atomic mass is 9.89. The van der Waals surface area contributed by atoms with Crippen LogP contribution < -0.4 is 10.5 Å². The minimum absolute atomic E-state index is 0.0189. The quantitative estimate of drug-likeness (QED) is 0.441. The number of H-pyrrole nitrogens is 1. The molecule has 1 aliphatic heterocycles. The van der Waals surface area contributed by atoms with Gasteiger partial charge in [0.05, 0.1) is 22.4 Å². The molecule has 0 atom stereocenters. The fraction of sp³-hybridized carbons (Fsp3) is 0.375. The number of nitrogens with two attached hydrogens (primary N) is 1. The first-order valence-corrected chi connectivity index (χ1v) is 12.9. The zero-order chi connectivity index (χ0) is 26.3. The van der Waals surface area contributed by atoms with E-state index in [1.807, 2.05) is 0 Å². The number of nitrogens with zero attached hydrogens (tertiary/aromatic N) is 1. The van der Waals surface area contributed by atoms with E-state index < -0.39 is 33.5 Å². The lowest BCUT2D eigenvalue weighted by Gasteiger charge is -2.31. The maximum Gasteiger partial charge on any atom is 0.416 e. The highest BCUT2D eigenvalue weighted by molar-refractivity contribution is 7.89. The third-order valence-electron chi connectivity index (χ3n) is 6.49. The molecule has 12 heteroatoms. The summed E-state index contributed by atoms with van der Waals surface area (Å²) >= 11 is 0. The summed E-state index contributed by atoms with van der Waals surface area (Å²) in [5.41, 5.74) is 5.88. The molecule has 3 aromatic rings. The second kappa shape index (κ2) is 9.74. The number of fused-ring (bicyclic) bond motifs is 1. The largest absolute Gasteiger partial charge is 0.489 e. The third-order valence-corrected chi connectivity index (χ3v) is 8.37. The molecule has 0 bridgehead atoms. The van der Waals surface area contributed by atoms with Crippen LogP contribution in [0.15, 0.2) is 36.5 Å². The van der Waals surface area contributed by atoms with Crippen molar-refractivity contribution in [2.24, 2.45) is 5.73 Å². The summed E-state index contributed by atoms with van der Waals surface area (Å²) in [6.45, 7) is 1.99. The van der Waals surface area contributed by atoms with Gasteiger partial charge >= 0.3 is 6.18 Å². The Labute approximate surface area is 205 Å². The zero-order valence-corrected chi connectivity index (χ0v) is 20.2. The van der Waals surface area contributed by atoms with Gasteiger partial charge in [-0.1, -0.05) is 6.07 Å². The molecule has 1 fully saturated rings. The Kier molecular flexibility index (Phi) is 7.02. The van der Waals surface area contributed by atoms with E-state index in [2.05, 4.69) is 4.98 Å². The van der Waals surface area contributed by atoms with Gasteiger partial charge in [-0.15, -0.1) is 0 Å². The summed E-state index contributed by atoms with van der Waals surface area (Å²) in [6, 6.07) is 5.24. The van der Waals surface area contributed by atoms with Gasteiger partial charge in [0.1, 0.15) is 18.2 Å². The predicted octanol–water partition coefficient (Wildman–Crippen LogP) is 4.53. The molecular weight excluding hydrogens is 502 g/mol. The molecule has 1 amide bonds. The number of amides is 1. The number of alkyl halides is 3. The van der Waals surface area contributed by atoms with Crippen molar-refractivity contribution in [1.29, 1.82) is 0 Å². The molecule has 3 N–H and O–H groups in total. The fourth-order valence-corrected chi connectivity index (χ4v) is 5.60. The van der Waals surface area contributed by atoms with Crippen LogP contribution in [0.4, 0.5) is 17.6 Å². The molecular formula is C24H25F4N3O4S. The van der Waals surface area contributed by atoms with Gasteiger partial charge in [0.25, 0.3) is 5.91 Å². The number of piperidine rings is 1. The number of primary amides is 1. The minimum atomic E-state index is -4.66. The molecule has 4 rings (SSSR count). The maximum atomic E-state index is 14.2. The summed E-state index contributed by atoms with van der Waals surface area (Å²) in [5, 5.41) is 0.658. The van der Waals surface area contributed by atoms with Gasteiger partial charge in [-0.2, -0.15) is 13.2 Å². The molecule has 0 unspecified atom stereocenters. The van der Waals surface area contributed by atoms with Gasteiger partial charge in [0, 0.05) is 30.2 Å². The molecule has 194 valence electrons. The number of aromatic nitrogens is 1. The van der Waals surface area contributed by atoms with E-state index in [4.69, 9.17) is 10.5 Å². The van der Waals surface area contributed by atoms with Crippen LogP contribution in [0, 0.1) is 5.82 Å². The summed E-state index contributed by atoms with van der Waals surface area (Å²) in [5.74, 6) is -1.53. The van der Waals surface area contributed by atoms with Crippen LogP contribution in [-0.4, -0.2) is 42.5 Å². The number of benzene rings is 2. The van der Waals surface area contributed by atoms with Gasteiger partial charge in [0.15, 0.2) is 0 Å². The third kappa shape index (κ3) is 5.19. The van der Waals surface area contributed by atoms with Crippen molar-refractivity contribution < 1.29 is 35.5 Å². The summed E-state index contributed by atoms with van der Waals surface area (Å²) in [7, 11) is -3.28. The van der Waals surface area contributed by atoms with Gasteiger partial charge in [-0.3, -0.25) is 4.79 Å². The topological polar surface area (TPSA) is 105 Å². The molecule has 0 radical (unpaired) electrons. The number of ether oxygens (including phenoxy) is 1. The fourth-order valence-electron chi connectivity index (χ4n) is 4.47. The van der Waals surface area contributed by atoms with Crippen molar-refractivity contribution in [1.82, 2.24) is 9.29 Å². The van der Waals surface area contributed by atoms with Gasteiger partial charge in [-0.25, -0.2) is 17.1 Å². The van der Waals surface area contributed by atoms with Crippen molar-refractivity contribution in [2.45, 2.75) is 38.5 Å². The number of rotatable bonds is 7. The van der Waals surface area contributed by atoms with Crippen molar-refractivity contribution in [3.05, 3.63) is 64.6 Å². The molecule has 2 heterocycles. The average molecular weight is 528 g/mol. The number of nitrogens with one attached hydrogen (secondary N) is 1. The van der Waals surface area contributed by atoms with Gasteiger partial charge in [0.2, 0.25) is 10.0 Å². The van der Waals surface area contributed by atoms with Crippen molar-refractivity contribution in [3.63, 3.8) is 0 Å². The molecule has 0 saturated carbocycles. The van der Waals surface area contributed by atoms with Crippen LogP contribution >= 0.6 is 0 Å². The Morgan fingerprint density at radius 3 is 2.47 bits per heavy atom. The smallest absolute Gasteiger partial charge is 0.416 e. The van der Waals surface area contributed by atoms with Crippen LogP contribution in [0.25, 0.3) is 10.9 Å². The molecule has 2 aromatic carbocycles. The van der Waals surface area contributed by atoms with Gasteiger partial charge in [-0.05, 0) is 55.5 Å². The standard InChI is InChI=1S/C24H25F4N3O4S/c1-2-36(33,34)31-7-5-14(6-8-31)20-12-30-22-18(20)10-17(11-19(22)23(29)32)35-13-15-3-4-16(9-21(15)25)24(26,27)28/h3-4,9-12,14,30H,2,5-8,13H2,1H3,(H2,29,32). The highest BCUT2D eigenvalue weighted by atomic mass is 32.2. The minimum Gasteiger partial charge on any atom is -0.489 e. The Morgan fingerprint density at radius 2 is 1.89 bits per heavy atom. The molecule has 7 nitrogen and oxygen atoms in total. The first-order valence-electron chi connectivity index (χ1n) is 11.3. The van der Waals surface area contributed by atoms with Crippen molar-refractivity contribution in [3.8, 4) is 5.75 Å². The maximum absolute atomic E-state index is 14.2. The first-order chi connectivity index (χ1) is 16.9. The molecule has 1 aromatic heterocycles. The van der Waals surface area contributed by atoms with Crippen LogP contribution in [0.2, 0.25) is 0 Å². The van der Waals surface area contributed by atoms with Crippen LogP contribution in [0.3, 0.4) is 0 Å². The molecule has 36 heavy (non-hydrogen) atoms. The van der Waals surface area contributed by atoms with E-state index in [1.54, 1.807) is 19.2 Å². The number of carbonyl (C=O) groups excluding carboxylic acids is 1. The number of carbonyl (C=O) groups is 1.